The quantitative estimate of drug-likeness (QED) is 0.0426. The van der Waals surface area contributed by atoms with Crippen LogP contribution in [-0.4, -0.2) is 86.0 Å². The van der Waals surface area contributed by atoms with Gasteiger partial charge in [0.05, 0.1) is 21.6 Å². The molecule has 0 radical (unpaired) electrons. The molecule has 2 aromatic heterocycles. The zero-order valence-electron chi connectivity index (χ0n) is 34.4. The van der Waals surface area contributed by atoms with Gasteiger partial charge in [0.2, 0.25) is 0 Å². The van der Waals surface area contributed by atoms with Gasteiger partial charge in [0.1, 0.15) is 22.8 Å². The van der Waals surface area contributed by atoms with Crippen molar-refractivity contribution in [1.82, 2.24) is 24.9 Å². The SMILES string of the molecule is CC1(C)CCC(CN2CCN(c3ccc(C(=O)NS(=O)(=O)c4ccc(NCCCNC5CC5)c([N+](=O)[O-])c4)c(Oc4cnc5[nH]ccc5c4)c3)CC2)=C(c2ccc(Cl)cc2)C1. The summed E-state index contributed by atoms with van der Waals surface area (Å²) in [4.78, 5) is 37.0. The van der Waals surface area contributed by atoms with Crippen LogP contribution in [0.3, 0.4) is 0 Å². The highest BCUT2D eigenvalue weighted by molar-refractivity contribution is 7.90. The predicted octanol–water partition coefficient (Wildman–Crippen LogP) is 8.38. The summed E-state index contributed by atoms with van der Waals surface area (Å²) in [5.74, 6) is -0.461. The Morgan fingerprint density at radius 1 is 1.02 bits per heavy atom. The van der Waals surface area contributed by atoms with Gasteiger partial charge in [-0.05, 0) is 110 Å². The molecule has 0 spiro atoms. The van der Waals surface area contributed by atoms with Crippen molar-refractivity contribution in [1.29, 1.82) is 0 Å². The molecule has 1 amide bonds. The van der Waals surface area contributed by atoms with Crippen LogP contribution in [0.1, 0.15) is 68.3 Å². The number of nitrogens with one attached hydrogen (secondary N) is 4. The van der Waals surface area contributed by atoms with Crippen molar-refractivity contribution < 1.29 is 22.9 Å². The Bertz CT molecular complexity index is 2570. The number of halogens is 1. The maximum absolute atomic E-state index is 13.9. The first-order valence-corrected chi connectivity index (χ1v) is 22.7. The molecule has 3 heterocycles. The lowest BCUT2D eigenvalue weighted by Crippen LogP contribution is -2.47. The van der Waals surface area contributed by atoms with Crippen LogP contribution in [0.15, 0.2) is 95.7 Å². The van der Waals surface area contributed by atoms with Gasteiger partial charge in [0.15, 0.2) is 0 Å². The van der Waals surface area contributed by atoms with Gasteiger partial charge in [-0.15, -0.1) is 0 Å². The number of benzene rings is 3. The fourth-order valence-electron chi connectivity index (χ4n) is 8.10. The van der Waals surface area contributed by atoms with Gasteiger partial charge in [-0.1, -0.05) is 43.2 Å². The summed E-state index contributed by atoms with van der Waals surface area (Å²) in [6, 6.07) is 21.0. The number of carbonyl (C=O) groups is 1. The van der Waals surface area contributed by atoms with Crippen LogP contribution < -0.4 is 25.0 Å². The Hall–Kier alpha value is -5.48. The van der Waals surface area contributed by atoms with Crippen LogP contribution in [0.2, 0.25) is 5.02 Å². The second-order valence-electron chi connectivity index (χ2n) is 16.9. The Morgan fingerprint density at radius 3 is 2.56 bits per heavy atom. The summed E-state index contributed by atoms with van der Waals surface area (Å²) >= 11 is 6.24. The molecule has 1 aliphatic heterocycles. The number of nitro groups is 1. The Morgan fingerprint density at radius 2 is 1.80 bits per heavy atom. The van der Waals surface area contributed by atoms with Crippen molar-refractivity contribution in [3.05, 3.63) is 117 Å². The number of pyridine rings is 1. The maximum atomic E-state index is 13.9. The van der Waals surface area contributed by atoms with Gasteiger partial charge in [-0.25, -0.2) is 18.1 Å². The number of carbonyl (C=O) groups excluding carboxylic acids is 1. The normalized spacial score (nSPS) is 17.1. The molecule has 0 bridgehead atoms. The van der Waals surface area contributed by atoms with E-state index in [0.29, 0.717) is 24.0 Å². The summed E-state index contributed by atoms with van der Waals surface area (Å²) in [6.07, 6.45) is 9.55. The number of aromatic amines is 1. The number of ether oxygens (including phenoxy) is 1. The van der Waals surface area contributed by atoms with E-state index in [0.717, 1.165) is 100.0 Å². The summed E-state index contributed by atoms with van der Waals surface area (Å²) < 4.78 is 35.7. The van der Waals surface area contributed by atoms with Crippen molar-refractivity contribution in [2.24, 2.45) is 5.41 Å². The number of sulfonamides is 1. The standard InChI is InChI=1S/C45H51ClN8O6S/c1-45(2)16-14-32(39(27-45)30-4-6-33(46)7-5-30)29-52-20-22-53(23-21-52)35-10-12-38(42(25-35)60-36-24-31-15-19-49-43(31)50-28-36)44(55)51-61(58,59)37-11-13-40(41(26-37)54(56)57)48-18-3-17-47-34-8-9-34/h4-7,10-13,15,19,24-26,28,34,47-48H,3,8-9,14,16-18,20-23,27,29H2,1-2H3,(H,49,50)(H,51,55). The van der Waals surface area contributed by atoms with E-state index >= 15 is 0 Å². The fourth-order valence-corrected chi connectivity index (χ4v) is 9.21. The van der Waals surface area contributed by atoms with Crippen molar-refractivity contribution in [3.63, 3.8) is 0 Å². The first kappa shape index (κ1) is 42.2. The van der Waals surface area contributed by atoms with Crippen molar-refractivity contribution in [3.8, 4) is 11.5 Å². The molecule has 3 aliphatic rings. The summed E-state index contributed by atoms with van der Waals surface area (Å²) in [6.45, 7) is 9.90. The molecule has 4 N–H and O–H groups in total. The third kappa shape index (κ3) is 10.4. The first-order valence-electron chi connectivity index (χ1n) is 20.8. The Labute approximate surface area is 360 Å². The molecule has 61 heavy (non-hydrogen) atoms. The zero-order chi connectivity index (χ0) is 42.7. The van der Waals surface area contributed by atoms with E-state index in [1.54, 1.807) is 30.5 Å². The molecular weight excluding hydrogens is 816 g/mol. The van der Waals surface area contributed by atoms with Gasteiger partial charge < -0.3 is 25.3 Å². The van der Waals surface area contributed by atoms with E-state index in [9.17, 15) is 23.3 Å². The molecule has 320 valence electrons. The highest BCUT2D eigenvalue weighted by atomic mass is 35.5. The van der Waals surface area contributed by atoms with E-state index in [1.807, 2.05) is 18.2 Å². The number of aromatic nitrogens is 2. The molecule has 5 aromatic rings. The van der Waals surface area contributed by atoms with Gasteiger partial charge in [-0.3, -0.25) is 19.8 Å². The Kier molecular flexibility index (Phi) is 12.4. The van der Waals surface area contributed by atoms with Crippen molar-refractivity contribution in [2.45, 2.75) is 63.3 Å². The maximum Gasteiger partial charge on any atom is 0.293 e. The van der Waals surface area contributed by atoms with Crippen LogP contribution in [-0.2, 0) is 10.0 Å². The van der Waals surface area contributed by atoms with E-state index in [-0.39, 0.29) is 22.4 Å². The second kappa shape index (κ2) is 17.9. The van der Waals surface area contributed by atoms with E-state index < -0.39 is 31.4 Å². The van der Waals surface area contributed by atoms with Gasteiger partial charge in [0.25, 0.3) is 21.6 Å². The van der Waals surface area contributed by atoms with Crippen molar-refractivity contribution in [2.75, 3.05) is 56.0 Å². The first-order chi connectivity index (χ1) is 29.3. The third-order valence-electron chi connectivity index (χ3n) is 11.7. The number of rotatable bonds is 16. The molecule has 2 fully saturated rings. The number of allylic oxidation sites excluding steroid dienone is 1. The summed E-state index contributed by atoms with van der Waals surface area (Å²) in [7, 11) is -4.54. The minimum atomic E-state index is -4.54. The highest BCUT2D eigenvalue weighted by Crippen LogP contribution is 2.43. The van der Waals surface area contributed by atoms with Crippen LogP contribution in [0.4, 0.5) is 17.1 Å². The summed E-state index contributed by atoms with van der Waals surface area (Å²) in [5, 5.41) is 20.0. The fraction of sp³-hybridized carbons (Fsp3) is 0.378. The predicted molar refractivity (Wildman–Crippen MR) is 239 cm³/mol. The topological polar surface area (TPSA) is 175 Å². The van der Waals surface area contributed by atoms with Crippen LogP contribution in [0.25, 0.3) is 16.6 Å². The van der Waals surface area contributed by atoms with Gasteiger partial charge in [-0.2, -0.15) is 0 Å². The van der Waals surface area contributed by atoms with Gasteiger partial charge >= 0.3 is 0 Å². The highest BCUT2D eigenvalue weighted by Gasteiger charge is 2.30. The molecule has 1 saturated heterocycles. The molecule has 16 heteroatoms. The molecule has 2 aliphatic carbocycles. The third-order valence-corrected chi connectivity index (χ3v) is 13.3. The number of amides is 1. The van der Waals surface area contributed by atoms with Crippen LogP contribution in [0, 0.1) is 15.5 Å². The lowest BCUT2D eigenvalue weighted by molar-refractivity contribution is -0.384. The lowest BCUT2D eigenvalue weighted by Gasteiger charge is -2.39. The number of hydrogen-bond donors (Lipinski definition) is 4. The monoisotopic (exact) mass is 866 g/mol. The number of nitro benzene ring substituents is 1. The number of fused-ring (bicyclic) bond motifs is 1. The van der Waals surface area contributed by atoms with E-state index in [1.165, 1.54) is 35.0 Å². The molecular formula is C45H51ClN8O6S. The van der Waals surface area contributed by atoms with E-state index in [2.05, 4.69) is 61.1 Å². The van der Waals surface area contributed by atoms with Crippen LogP contribution >= 0.6 is 11.6 Å². The average molecular weight is 867 g/mol. The zero-order valence-corrected chi connectivity index (χ0v) is 35.9. The average Bonchev–Trinajstić information content (AvgIpc) is 3.95. The van der Waals surface area contributed by atoms with Crippen LogP contribution in [0.5, 0.6) is 11.5 Å². The largest absolute Gasteiger partial charge is 0.455 e. The number of nitrogens with zero attached hydrogens (tertiary/aromatic N) is 4. The minimum absolute atomic E-state index is 0.0328. The molecule has 8 rings (SSSR count). The molecule has 3 aromatic carbocycles. The smallest absolute Gasteiger partial charge is 0.293 e. The number of H-pyrrole nitrogens is 1. The van der Waals surface area contributed by atoms with E-state index in [4.69, 9.17) is 16.3 Å². The van der Waals surface area contributed by atoms with Crippen molar-refractivity contribution >= 4 is 61.2 Å². The minimum Gasteiger partial charge on any atom is -0.455 e. The van der Waals surface area contributed by atoms with Gasteiger partial charge in [0, 0.05) is 79.7 Å². The Balaban J connectivity index is 0.989. The molecule has 0 atom stereocenters. The molecule has 1 saturated carbocycles. The summed E-state index contributed by atoms with van der Waals surface area (Å²) in [5.41, 5.74) is 5.57. The molecule has 14 nitrogen and oxygen atoms in total. The second-order valence-corrected chi connectivity index (χ2v) is 19.1. The number of anilines is 2. The number of hydrogen-bond acceptors (Lipinski definition) is 11. The molecule has 0 unspecified atom stereocenters. The number of piperazine rings is 1. The lowest BCUT2D eigenvalue weighted by atomic mass is 9.72.